The highest BCUT2D eigenvalue weighted by Gasteiger charge is 2.17. The Labute approximate surface area is 189 Å². The normalized spacial score (nSPS) is 14.0. The molecule has 0 atom stereocenters. The standard InChI is InChI=1S/C27H18N2S2/c1-3-7-18(8-4-1)20-11-13-24-22(15-20)28-26(30-24)17-27-29-23-16-21(12-14-25(23)31-27)19-9-5-2-6-10-19/h1-17,28H. The Balaban J connectivity index is 1.28. The molecule has 1 N–H and O–H groups in total. The summed E-state index contributed by atoms with van der Waals surface area (Å²) in [5.41, 5.74) is 7.08. The Morgan fingerprint density at radius 2 is 1.35 bits per heavy atom. The molecule has 0 radical (unpaired) electrons. The van der Waals surface area contributed by atoms with Gasteiger partial charge in [-0.25, -0.2) is 4.98 Å². The number of hydrogen-bond acceptors (Lipinski definition) is 4. The van der Waals surface area contributed by atoms with E-state index in [1.807, 2.05) is 12.1 Å². The molecule has 148 valence electrons. The number of fused-ring (bicyclic) bond motifs is 2. The number of thioether (sulfide) groups is 1. The zero-order valence-corrected chi connectivity index (χ0v) is 18.2. The lowest BCUT2D eigenvalue weighted by atomic mass is 10.1. The van der Waals surface area contributed by atoms with E-state index in [0.29, 0.717) is 0 Å². The molecule has 0 bridgehead atoms. The fraction of sp³-hybridized carbons (Fsp3) is 0. The summed E-state index contributed by atoms with van der Waals surface area (Å²) >= 11 is 3.49. The van der Waals surface area contributed by atoms with Gasteiger partial charge in [-0.2, -0.15) is 0 Å². The minimum Gasteiger partial charge on any atom is -0.349 e. The monoisotopic (exact) mass is 434 g/mol. The molecular formula is C27H18N2S2. The lowest BCUT2D eigenvalue weighted by Gasteiger charge is -2.04. The third-order valence-corrected chi connectivity index (χ3v) is 7.33. The van der Waals surface area contributed by atoms with E-state index in [-0.39, 0.29) is 0 Å². The number of nitrogens with zero attached hydrogens (tertiary/aromatic N) is 1. The van der Waals surface area contributed by atoms with E-state index in [4.69, 9.17) is 4.98 Å². The summed E-state index contributed by atoms with van der Waals surface area (Å²) in [4.78, 5) is 6.13. The predicted octanol–water partition coefficient (Wildman–Crippen LogP) is 8.15. The third-order valence-electron chi connectivity index (χ3n) is 5.33. The molecule has 0 unspecified atom stereocenters. The molecular weight excluding hydrogens is 416 g/mol. The molecule has 1 aliphatic rings. The van der Waals surface area contributed by atoms with Crippen LogP contribution in [0.5, 0.6) is 0 Å². The van der Waals surface area contributed by atoms with E-state index in [9.17, 15) is 0 Å². The molecule has 0 saturated heterocycles. The molecule has 4 heteroatoms. The first-order valence-electron chi connectivity index (χ1n) is 10.1. The van der Waals surface area contributed by atoms with Crippen molar-refractivity contribution in [2.75, 3.05) is 5.32 Å². The minimum atomic E-state index is 1.02. The maximum Gasteiger partial charge on any atom is 0.119 e. The fourth-order valence-electron chi connectivity index (χ4n) is 3.80. The van der Waals surface area contributed by atoms with Crippen LogP contribution in [0, 0.1) is 0 Å². The van der Waals surface area contributed by atoms with E-state index in [2.05, 4.69) is 96.3 Å². The Morgan fingerprint density at radius 3 is 2.10 bits per heavy atom. The first kappa shape index (κ1) is 18.4. The highest BCUT2D eigenvalue weighted by Crippen LogP contribution is 2.43. The van der Waals surface area contributed by atoms with Gasteiger partial charge in [-0.05, 0) is 46.5 Å². The summed E-state index contributed by atoms with van der Waals surface area (Å²) in [5, 5.41) is 5.70. The van der Waals surface area contributed by atoms with Crippen molar-refractivity contribution in [3.8, 4) is 22.3 Å². The number of thiazole rings is 1. The molecule has 0 saturated carbocycles. The number of anilines is 1. The summed E-state index contributed by atoms with van der Waals surface area (Å²) in [6.45, 7) is 0. The zero-order valence-electron chi connectivity index (χ0n) is 16.6. The van der Waals surface area contributed by atoms with Gasteiger partial charge in [-0.1, -0.05) is 84.6 Å². The van der Waals surface area contributed by atoms with Gasteiger partial charge in [0.25, 0.3) is 0 Å². The van der Waals surface area contributed by atoms with Crippen molar-refractivity contribution >= 4 is 45.1 Å². The highest BCUT2D eigenvalue weighted by molar-refractivity contribution is 8.03. The molecule has 0 aliphatic carbocycles. The maximum atomic E-state index is 4.88. The molecule has 0 amide bonds. The third kappa shape index (κ3) is 3.65. The van der Waals surface area contributed by atoms with Crippen LogP contribution in [0.3, 0.4) is 0 Å². The van der Waals surface area contributed by atoms with Gasteiger partial charge < -0.3 is 5.32 Å². The molecule has 6 rings (SSSR count). The van der Waals surface area contributed by atoms with E-state index >= 15 is 0 Å². The lowest BCUT2D eigenvalue weighted by Crippen LogP contribution is -1.88. The van der Waals surface area contributed by atoms with Gasteiger partial charge in [0, 0.05) is 11.0 Å². The molecule has 0 fully saturated rings. The first-order valence-corrected chi connectivity index (χ1v) is 11.8. The van der Waals surface area contributed by atoms with Crippen LogP contribution in [-0.2, 0) is 0 Å². The largest absolute Gasteiger partial charge is 0.349 e. The van der Waals surface area contributed by atoms with Crippen LogP contribution in [0.15, 0.2) is 107 Å². The Morgan fingerprint density at radius 1 is 0.677 bits per heavy atom. The van der Waals surface area contributed by atoms with E-state index in [1.165, 1.54) is 31.8 Å². The average molecular weight is 435 g/mol. The molecule has 5 aromatic rings. The summed E-state index contributed by atoms with van der Waals surface area (Å²) in [5.74, 6) is 0. The van der Waals surface area contributed by atoms with Crippen molar-refractivity contribution in [1.29, 1.82) is 0 Å². The van der Waals surface area contributed by atoms with E-state index < -0.39 is 0 Å². The van der Waals surface area contributed by atoms with Crippen molar-refractivity contribution in [3.63, 3.8) is 0 Å². The van der Waals surface area contributed by atoms with Gasteiger partial charge in [0.2, 0.25) is 0 Å². The average Bonchev–Trinajstić information content (AvgIpc) is 3.42. The van der Waals surface area contributed by atoms with Crippen molar-refractivity contribution in [1.82, 2.24) is 4.98 Å². The molecule has 2 nitrogen and oxygen atoms in total. The van der Waals surface area contributed by atoms with Crippen molar-refractivity contribution in [2.24, 2.45) is 0 Å². The summed E-state index contributed by atoms with van der Waals surface area (Å²) in [6, 6.07) is 34.1. The van der Waals surface area contributed by atoms with E-state index in [0.717, 1.165) is 21.2 Å². The quantitative estimate of drug-likeness (QED) is 0.310. The Kier molecular flexibility index (Phi) is 4.59. The van der Waals surface area contributed by atoms with Crippen LogP contribution < -0.4 is 5.32 Å². The van der Waals surface area contributed by atoms with Gasteiger partial charge in [-0.3, -0.25) is 0 Å². The SMILES string of the molecule is C(=C1Nc2cc(-c3ccccc3)ccc2S1)c1nc2cc(-c3ccccc3)ccc2s1. The van der Waals surface area contributed by atoms with Gasteiger partial charge in [0.15, 0.2) is 0 Å². The zero-order chi connectivity index (χ0) is 20.6. The number of aromatic nitrogens is 1. The van der Waals surface area contributed by atoms with Crippen molar-refractivity contribution < 1.29 is 0 Å². The van der Waals surface area contributed by atoms with Gasteiger partial charge in [0.05, 0.1) is 20.9 Å². The molecule has 31 heavy (non-hydrogen) atoms. The molecule has 1 aliphatic heterocycles. The fourth-order valence-corrected chi connectivity index (χ4v) is 5.69. The maximum absolute atomic E-state index is 4.88. The molecule has 0 spiro atoms. The van der Waals surface area contributed by atoms with Gasteiger partial charge >= 0.3 is 0 Å². The number of nitrogens with one attached hydrogen (secondary N) is 1. The van der Waals surface area contributed by atoms with E-state index in [1.54, 1.807) is 23.1 Å². The van der Waals surface area contributed by atoms with Crippen LogP contribution in [0.2, 0.25) is 0 Å². The Hall–Kier alpha value is -3.34. The Bertz CT molecular complexity index is 1420. The van der Waals surface area contributed by atoms with Crippen LogP contribution in [0.25, 0.3) is 38.5 Å². The van der Waals surface area contributed by atoms with Crippen LogP contribution in [0.1, 0.15) is 5.01 Å². The van der Waals surface area contributed by atoms with Gasteiger partial charge in [0.1, 0.15) is 5.01 Å². The summed E-state index contributed by atoms with van der Waals surface area (Å²) < 4.78 is 1.21. The lowest BCUT2D eigenvalue weighted by molar-refractivity contribution is 1.44. The predicted molar refractivity (Wildman–Crippen MR) is 134 cm³/mol. The smallest absolute Gasteiger partial charge is 0.119 e. The second kappa shape index (κ2) is 7.73. The minimum absolute atomic E-state index is 1.02. The summed E-state index contributed by atoms with van der Waals surface area (Å²) in [7, 11) is 0. The number of rotatable bonds is 3. The number of benzene rings is 4. The van der Waals surface area contributed by atoms with Crippen LogP contribution in [0.4, 0.5) is 5.69 Å². The molecule has 4 aromatic carbocycles. The molecule has 2 heterocycles. The molecule has 1 aromatic heterocycles. The second-order valence-electron chi connectivity index (χ2n) is 7.41. The summed E-state index contributed by atoms with van der Waals surface area (Å²) in [6.07, 6.45) is 2.15. The highest BCUT2D eigenvalue weighted by atomic mass is 32.2. The van der Waals surface area contributed by atoms with Crippen LogP contribution in [-0.4, -0.2) is 4.98 Å². The first-order chi connectivity index (χ1) is 15.3. The van der Waals surface area contributed by atoms with Crippen molar-refractivity contribution in [2.45, 2.75) is 4.90 Å². The second-order valence-corrected chi connectivity index (χ2v) is 9.56. The number of hydrogen-bond donors (Lipinski definition) is 1. The topological polar surface area (TPSA) is 24.9 Å². The van der Waals surface area contributed by atoms with Gasteiger partial charge in [-0.15, -0.1) is 11.3 Å². The van der Waals surface area contributed by atoms with Crippen molar-refractivity contribution in [3.05, 3.63) is 107 Å². The van der Waals surface area contributed by atoms with Crippen LogP contribution >= 0.6 is 23.1 Å².